The number of rotatable bonds is 2. The van der Waals surface area contributed by atoms with Crippen molar-refractivity contribution in [2.24, 2.45) is 5.92 Å². The maximum atomic E-state index is 3.48. The quantitative estimate of drug-likeness (QED) is 0.609. The molecule has 0 saturated heterocycles. The minimum absolute atomic E-state index is 0.274. The fraction of sp³-hybridized carbons (Fsp3) is 0.360. The minimum atomic E-state index is 0.274. The van der Waals surface area contributed by atoms with Crippen LogP contribution in [0.25, 0.3) is 11.1 Å². The third-order valence-corrected chi connectivity index (χ3v) is 4.43. The van der Waals surface area contributed by atoms with Gasteiger partial charge in [0.1, 0.15) is 0 Å². The van der Waals surface area contributed by atoms with E-state index in [9.17, 15) is 0 Å². The van der Waals surface area contributed by atoms with E-state index in [4.69, 9.17) is 0 Å². The van der Waals surface area contributed by atoms with Crippen LogP contribution < -0.4 is 5.32 Å². The van der Waals surface area contributed by atoms with Crippen molar-refractivity contribution in [3.63, 3.8) is 0 Å². The number of nitrogens with one attached hydrogen (secondary N) is 1. The molecule has 0 fully saturated rings. The Balaban J connectivity index is 0.000000552. The lowest BCUT2D eigenvalue weighted by Crippen LogP contribution is -2.20. The predicted octanol–water partition coefficient (Wildman–Crippen LogP) is 7.13. The third kappa shape index (κ3) is 5.36. The smallest absolute Gasteiger partial charge is 0.0725 e. The summed E-state index contributed by atoms with van der Waals surface area (Å²) in [5.74, 6) is 0.833. The number of dihydropyridines is 1. The van der Waals surface area contributed by atoms with Gasteiger partial charge in [-0.1, -0.05) is 68.3 Å². The van der Waals surface area contributed by atoms with Gasteiger partial charge in [0.05, 0.1) is 6.04 Å². The largest absolute Gasteiger partial charge is 0.380 e. The molecule has 2 aromatic carbocycles. The molecular formula is C25H33N. The Morgan fingerprint density at radius 2 is 1.42 bits per heavy atom. The molecule has 1 atom stereocenters. The van der Waals surface area contributed by atoms with Crippen LogP contribution in [0.2, 0.25) is 0 Å². The molecule has 3 rings (SSSR count). The van der Waals surface area contributed by atoms with Crippen molar-refractivity contribution in [1.29, 1.82) is 0 Å². The molecule has 1 aliphatic heterocycles. The van der Waals surface area contributed by atoms with E-state index in [1.165, 1.54) is 39.0 Å². The highest BCUT2D eigenvalue weighted by Gasteiger charge is 2.16. The SMILES string of the molecule is CC(C)C.CC1=C(C)C(c2cccc(-c3cc(C)cc(C)c3)c2)NC=C1. The van der Waals surface area contributed by atoms with Crippen LogP contribution in [0.5, 0.6) is 0 Å². The topological polar surface area (TPSA) is 12.0 Å². The second-order valence-electron chi connectivity index (χ2n) is 8.03. The Morgan fingerprint density at radius 1 is 0.808 bits per heavy atom. The molecule has 138 valence electrons. The van der Waals surface area contributed by atoms with E-state index in [0.717, 1.165) is 5.92 Å². The van der Waals surface area contributed by atoms with Gasteiger partial charge in [-0.25, -0.2) is 0 Å². The summed E-state index contributed by atoms with van der Waals surface area (Å²) in [5, 5.41) is 3.48. The van der Waals surface area contributed by atoms with E-state index < -0.39 is 0 Å². The number of aryl methyl sites for hydroxylation is 2. The van der Waals surface area contributed by atoms with Gasteiger partial charge in [0, 0.05) is 0 Å². The molecule has 0 radical (unpaired) electrons. The minimum Gasteiger partial charge on any atom is -0.380 e. The fourth-order valence-corrected chi connectivity index (χ4v) is 3.14. The molecule has 1 aliphatic rings. The van der Waals surface area contributed by atoms with Gasteiger partial charge in [0.15, 0.2) is 0 Å². The molecule has 0 spiro atoms. The average Bonchev–Trinajstić information content (AvgIpc) is 2.56. The zero-order valence-electron chi connectivity index (χ0n) is 17.4. The predicted molar refractivity (Wildman–Crippen MR) is 115 cm³/mol. The highest BCUT2D eigenvalue weighted by atomic mass is 14.9. The Kier molecular flexibility index (Phi) is 6.85. The molecule has 1 nitrogen and oxygen atoms in total. The Hall–Kier alpha value is -2.28. The normalized spacial score (nSPS) is 16.2. The third-order valence-electron chi connectivity index (χ3n) is 4.43. The van der Waals surface area contributed by atoms with Gasteiger partial charge >= 0.3 is 0 Å². The van der Waals surface area contributed by atoms with Crippen molar-refractivity contribution in [2.45, 2.75) is 54.5 Å². The van der Waals surface area contributed by atoms with E-state index in [1.807, 2.05) is 0 Å². The molecule has 0 bridgehead atoms. The van der Waals surface area contributed by atoms with Crippen molar-refractivity contribution in [1.82, 2.24) is 5.32 Å². The molecule has 1 unspecified atom stereocenters. The van der Waals surface area contributed by atoms with E-state index in [-0.39, 0.29) is 6.04 Å². The molecule has 0 amide bonds. The van der Waals surface area contributed by atoms with Gasteiger partial charge < -0.3 is 5.32 Å². The zero-order chi connectivity index (χ0) is 19.3. The van der Waals surface area contributed by atoms with Gasteiger partial charge in [0.25, 0.3) is 0 Å². The van der Waals surface area contributed by atoms with Gasteiger partial charge in [-0.15, -0.1) is 0 Å². The second kappa shape index (κ2) is 8.89. The molecule has 26 heavy (non-hydrogen) atoms. The van der Waals surface area contributed by atoms with Gasteiger partial charge in [-0.05, 0) is 79.8 Å². The second-order valence-corrected chi connectivity index (χ2v) is 8.03. The number of allylic oxidation sites excluding steroid dienone is 2. The maximum absolute atomic E-state index is 3.48. The van der Waals surface area contributed by atoms with Gasteiger partial charge in [0.2, 0.25) is 0 Å². The highest BCUT2D eigenvalue weighted by molar-refractivity contribution is 5.66. The highest BCUT2D eigenvalue weighted by Crippen LogP contribution is 2.30. The summed E-state index contributed by atoms with van der Waals surface area (Å²) in [4.78, 5) is 0. The first-order valence-corrected chi connectivity index (χ1v) is 9.56. The summed E-state index contributed by atoms with van der Waals surface area (Å²) in [7, 11) is 0. The van der Waals surface area contributed by atoms with Crippen LogP contribution in [0.1, 0.15) is 57.4 Å². The van der Waals surface area contributed by atoms with Crippen LogP contribution in [0.4, 0.5) is 0 Å². The van der Waals surface area contributed by atoms with Crippen LogP contribution >= 0.6 is 0 Å². The van der Waals surface area contributed by atoms with Crippen LogP contribution in [-0.2, 0) is 0 Å². The fourth-order valence-electron chi connectivity index (χ4n) is 3.14. The summed E-state index contributed by atoms with van der Waals surface area (Å²) in [6, 6.07) is 15.9. The first-order valence-electron chi connectivity index (χ1n) is 9.56. The lowest BCUT2D eigenvalue weighted by molar-refractivity contribution is 0.694. The summed E-state index contributed by atoms with van der Waals surface area (Å²) < 4.78 is 0. The molecule has 0 saturated carbocycles. The molecule has 1 N–H and O–H groups in total. The lowest BCUT2D eigenvalue weighted by atomic mass is 9.91. The summed E-state index contributed by atoms with van der Waals surface area (Å²) in [6.07, 6.45) is 4.19. The van der Waals surface area contributed by atoms with Crippen LogP contribution in [0.3, 0.4) is 0 Å². The first-order chi connectivity index (χ1) is 12.3. The number of hydrogen-bond acceptors (Lipinski definition) is 1. The van der Waals surface area contributed by atoms with Gasteiger partial charge in [-0.3, -0.25) is 0 Å². The van der Waals surface area contributed by atoms with Crippen molar-refractivity contribution >= 4 is 0 Å². The molecular weight excluding hydrogens is 314 g/mol. The first kappa shape index (κ1) is 20.0. The lowest BCUT2D eigenvalue weighted by Gasteiger charge is -2.24. The Bertz CT molecular complexity index is 786. The van der Waals surface area contributed by atoms with Crippen LogP contribution in [0, 0.1) is 19.8 Å². The molecule has 2 aromatic rings. The standard InChI is InChI=1S/C21H23N.C4H10/c1-14-10-15(2)12-20(11-14)18-6-5-7-19(13-18)21-17(4)16(3)8-9-22-21;1-4(2)3/h5-13,21-22H,1-4H3;4H,1-3H3. The Morgan fingerprint density at radius 3 is 2.04 bits per heavy atom. The molecule has 1 heterocycles. The average molecular weight is 348 g/mol. The Labute approximate surface area is 159 Å². The summed E-state index contributed by atoms with van der Waals surface area (Å²) >= 11 is 0. The van der Waals surface area contributed by atoms with Crippen molar-refractivity contribution < 1.29 is 0 Å². The van der Waals surface area contributed by atoms with Gasteiger partial charge in [-0.2, -0.15) is 0 Å². The van der Waals surface area contributed by atoms with E-state index in [2.05, 4.69) is 109 Å². The van der Waals surface area contributed by atoms with Crippen molar-refractivity contribution in [3.8, 4) is 11.1 Å². The molecule has 0 aromatic heterocycles. The zero-order valence-corrected chi connectivity index (χ0v) is 17.4. The molecule has 0 aliphatic carbocycles. The van der Waals surface area contributed by atoms with Crippen LogP contribution in [0.15, 0.2) is 65.9 Å². The van der Waals surface area contributed by atoms with Crippen LogP contribution in [-0.4, -0.2) is 0 Å². The number of hydrogen-bond donors (Lipinski definition) is 1. The van der Waals surface area contributed by atoms with Crippen molar-refractivity contribution in [3.05, 3.63) is 82.6 Å². The van der Waals surface area contributed by atoms with E-state index in [0.29, 0.717) is 0 Å². The summed E-state index contributed by atoms with van der Waals surface area (Å²) in [6.45, 7) is 15.2. The maximum Gasteiger partial charge on any atom is 0.0725 e. The summed E-state index contributed by atoms with van der Waals surface area (Å²) in [5.41, 5.74) is 9.26. The molecule has 1 heteroatoms. The number of benzene rings is 2. The van der Waals surface area contributed by atoms with E-state index >= 15 is 0 Å². The van der Waals surface area contributed by atoms with E-state index in [1.54, 1.807) is 0 Å². The monoisotopic (exact) mass is 347 g/mol. The van der Waals surface area contributed by atoms with Crippen molar-refractivity contribution in [2.75, 3.05) is 0 Å².